The van der Waals surface area contributed by atoms with Gasteiger partial charge in [-0.3, -0.25) is 14.7 Å². The largest absolute Gasteiger partial charge is 0.506 e. The summed E-state index contributed by atoms with van der Waals surface area (Å²) in [6.07, 6.45) is 2.54. The average molecular weight is 264 g/mol. The molecule has 1 aromatic rings. The lowest BCUT2D eigenvalue weighted by molar-refractivity contribution is -0.153. The summed E-state index contributed by atoms with van der Waals surface area (Å²) < 4.78 is 0. The normalized spacial score (nSPS) is 24.3. The van der Waals surface area contributed by atoms with Gasteiger partial charge in [-0.1, -0.05) is 0 Å². The minimum Gasteiger partial charge on any atom is -0.506 e. The van der Waals surface area contributed by atoms with E-state index in [1.807, 2.05) is 11.8 Å². The molecule has 1 aromatic heterocycles. The third-order valence-electron chi connectivity index (χ3n) is 3.93. The third-order valence-corrected chi connectivity index (χ3v) is 3.93. The summed E-state index contributed by atoms with van der Waals surface area (Å²) in [6, 6.07) is 3.35. The number of hydrogen-bond acceptors (Lipinski definition) is 4. The number of rotatable bonds is 3. The minimum absolute atomic E-state index is 0.129. The van der Waals surface area contributed by atoms with Crippen LogP contribution in [0.5, 0.6) is 5.75 Å². The van der Waals surface area contributed by atoms with Gasteiger partial charge in [-0.05, 0) is 51.8 Å². The lowest BCUT2D eigenvalue weighted by Crippen LogP contribution is -2.54. The number of piperidine rings is 1. The van der Waals surface area contributed by atoms with Gasteiger partial charge in [0.05, 0.1) is 5.69 Å². The molecule has 0 bridgehead atoms. The molecule has 0 amide bonds. The Morgan fingerprint density at radius 2 is 2.21 bits per heavy atom. The van der Waals surface area contributed by atoms with Gasteiger partial charge in [0, 0.05) is 12.2 Å². The Morgan fingerprint density at radius 3 is 2.89 bits per heavy atom. The second-order valence-electron chi connectivity index (χ2n) is 5.38. The molecule has 0 saturated carbocycles. The van der Waals surface area contributed by atoms with Crippen LogP contribution >= 0.6 is 0 Å². The second kappa shape index (κ2) is 5.17. The van der Waals surface area contributed by atoms with Gasteiger partial charge in [0.25, 0.3) is 0 Å². The number of carboxylic acids is 1. The molecule has 19 heavy (non-hydrogen) atoms. The van der Waals surface area contributed by atoms with Crippen LogP contribution in [-0.2, 0) is 11.3 Å². The molecule has 1 unspecified atom stereocenters. The molecule has 1 fully saturated rings. The first-order chi connectivity index (χ1) is 8.93. The Balaban J connectivity index is 2.25. The summed E-state index contributed by atoms with van der Waals surface area (Å²) in [5, 5.41) is 19.3. The maximum absolute atomic E-state index is 11.5. The van der Waals surface area contributed by atoms with E-state index in [9.17, 15) is 15.0 Å². The van der Waals surface area contributed by atoms with Crippen LogP contribution < -0.4 is 0 Å². The molecule has 0 radical (unpaired) electrons. The van der Waals surface area contributed by atoms with Crippen LogP contribution in [0, 0.1) is 6.92 Å². The smallest absolute Gasteiger partial charge is 0.323 e. The number of nitrogens with zero attached hydrogens (tertiary/aromatic N) is 2. The van der Waals surface area contributed by atoms with Crippen LogP contribution in [0.2, 0.25) is 0 Å². The Labute approximate surface area is 112 Å². The molecular weight excluding hydrogens is 244 g/mol. The van der Waals surface area contributed by atoms with Crippen molar-refractivity contribution < 1.29 is 15.0 Å². The summed E-state index contributed by atoms with van der Waals surface area (Å²) >= 11 is 0. The summed E-state index contributed by atoms with van der Waals surface area (Å²) in [5.74, 6) is -0.678. The first-order valence-electron chi connectivity index (χ1n) is 6.57. The Bertz CT molecular complexity index is 490. The van der Waals surface area contributed by atoms with Crippen molar-refractivity contribution in [1.29, 1.82) is 0 Å². The van der Waals surface area contributed by atoms with E-state index in [1.165, 1.54) is 0 Å². The molecule has 0 spiro atoms. The van der Waals surface area contributed by atoms with E-state index in [0.717, 1.165) is 25.1 Å². The van der Waals surface area contributed by atoms with Gasteiger partial charge < -0.3 is 10.2 Å². The van der Waals surface area contributed by atoms with Crippen LogP contribution in [0.4, 0.5) is 0 Å². The molecule has 104 valence electrons. The number of pyridine rings is 1. The fraction of sp³-hybridized carbons (Fsp3) is 0.571. The number of hydrogen-bond donors (Lipinski definition) is 2. The van der Waals surface area contributed by atoms with Crippen molar-refractivity contribution in [3.63, 3.8) is 0 Å². The van der Waals surface area contributed by atoms with Crippen molar-refractivity contribution in [2.75, 3.05) is 6.54 Å². The highest BCUT2D eigenvalue weighted by molar-refractivity contribution is 5.78. The van der Waals surface area contributed by atoms with Crippen LogP contribution in [0.3, 0.4) is 0 Å². The number of aliphatic carboxylic acids is 1. The Morgan fingerprint density at radius 1 is 1.47 bits per heavy atom. The molecular formula is C14H20N2O3. The van der Waals surface area contributed by atoms with E-state index >= 15 is 0 Å². The van der Waals surface area contributed by atoms with Gasteiger partial charge >= 0.3 is 5.97 Å². The Kier molecular flexibility index (Phi) is 3.75. The topological polar surface area (TPSA) is 73.7 Å². The lowest BCUT2D eigenvalue weighted by Gasteiger charge is -2.41. The van der Waals surface area contributed by atoms with Crippen LogP contribution in [-0.4, -0.2) is 38.1 Å². The zero-order valence-corrected chi connectivity index (χ0v) is 11.4. The predicted octanol–water partition coefficient (Wildman–Crippen LogP) is 1.92. The molecule has 1 aliphatic rings. The standard InChI is InChI=1S/C14H20N2O3/c1-10-5-6-12(17)11(15-10)9-16-8-4-3-7-14(16,2)13(18)19/h5-6,17H,3-4,7-9H2,1-2H3,(H,18,19). The minimum atomic E-state index is -0.865. The highest BCUT2D eigenvalue weighted by Gasteiger charge is 2.41. The summed E-state index contributed by atoms with van der Waals surface area (Å²) in [5.41, 5.74) is 0.507. The van der Waals surface area contributed by atoms with Gasteiger partial charge in [-0.15, -0.1) is 0 Å². The maximum Gasteiger partial charge on any atom is 0.323 e. The van der Waals surface area contributed by atoms with E-state index in [0.29, 0.717) is 18.7 Å². The fourth-order valence-corrected chi connectivity index (χ4v) is 2.57. The quantitative estimate of drug-likeness (QED) is 0.872. The number of aromatic nitrogens is 1. The highest BCUT2D eigenvalue weighted by Crippen LogP contribution is 2.30. The van der Waals surface area contributed by atoms with E-state index in [1.54, 1.807) is 19.1 Å². The molecule has 2 heterocycles. The first kappa shape index (κ1) is 13.8. The summed E-state index contributed by atoms with van der Waals surface area (Å²) in [6.45, 7) is 4.70. The van der Waals surface area contributed by atoms with Crippen LogP contribution in [0.1, 0.15) is 37.6 Å². The third kappa shape index (κ3) is 2.71. The molecule has 2 N–H and O–H groups in total. The highest BCUT2D eigenvalue weighted by atomic mass is 16.4. The lowest BCUT2D eigenvalue weighted by atomic mass is 9.88. The number of carbonyl (C=O) groups is 1. The zero-order chi connectivity index (χ0) is 14.0. The Hall–Kier alpha value is -1.62. The summed E-state index contributed by atoms with van der Waals surface area (Å²) in [7, 11) is 0. The second-order valence-corrected chi connectivity index (χ2v) is 5.38. The van der Waals surface area contributed by atoms with Gasteiger partial charge in [-0.25, -0.2) is 0 Å². The van der Waals surface area contributed by atoms with Gasteiger partial charge in [0.2, 0.25) is 0 Å². The number of aryl methyl sites for hydroxylation is 1. The van der Waals surface area contributed by atoms with Gasteiger partial charge in [-0.2, -0.15) is 0 Å². The van der Waals surface area contributed by atoms with Gasteiger partial charge in [0.1, 0.15) is 11.3 Å². The van der Waals surface area contributed by atoms with Crippen molar-refractivity contribution in [2.24, 2.45) is 0 Å². The molecule has 2 rings (SSSR count). The van der Waals surface area contributed by atoms with Crippen molar-refractivity contribution in [1.82, 2.24) is 9.88 Å². The molecule has 1 saturated heterocycles. The van der Waals surface area contributed by atoms with Crippen molar-refractivity contribution in [3.8, 4) is 5.75 Å². The van der Waals surface area contributed by atoms with Crippen LogP contribution in [0.25, 0.3) is 0 Å². The predicted molar refractivity (Wildman–Crippen MR) is 70.9 cm³/mol. The SMILES string of the molecule is Cc1ccc(O)c(CN2CCCCC2(C)C(=O)O)n1. The average Bonchev–Trinajstić information content (AvgIpc) is 2.36. The maximum atomic E-state index is 11.5. The summed E-state index contributed by atoms with van der Waals surface area (Å²) in [4.78, 5) is 17.7. The van der Waals surface area contributed by atoms with Crippen molar-refractivity contribution >= 4 is 5.97 Å². The van der Waals surface area contributed by atoms with Gasteiger partial charge in [0.15, 0.2) is 0 Å². The number of likely N-dealkylation sites (tertiary alicyclic amines) is 1. The van der Waals surface area contributed by atoms with E-state index in [4.69, 9.17) is 0 Å². The van der Waals surface area contributed by atoms with Crippen molar-refractivity contribution in [3.05, 3.63) is 23.5 Å². The molecule has 1 aliphatic heterocycles. The zero-order valence-electron chi connectivity index (χ0n) is 11.4. The van der Waals surface area contributed by atoms with Crippen molar-refractivity contribution in [2.45, 2.75) is 45.2 Å². The number of carboxylic acid groups (broad SMARTS) is 1. The fourth-order valence-electron chi connectivity index (χ4n) is 2.57. The van der Waals surface area contributed by atoms with Crippen LogP contribution in [0.15, 0.2) is 12.1 Å². The number of aromatic hydroxyl groups is 1. The molecule has 1 atom stereocenters. The molecule has 5 nitrogen and oxygen atoms in total. The van der Waals surface area contributed by atoms with E-state index in [-0.39, 0.29) is 5.75 Å². The molecule has 0 aromatic carbocycles. The molecule has 0 aliphatic carbocycles. The van der Waals surface area contributed by atoms with E-state index < -0.39 is 11.5 Å². The van der Waals surface area contributed by atoms with E-state index in [2.05, 4.69) is 4.98 Å². The monoisotopic (exact) mass is 264 g/mol. The first-order valence-corrected chi connectivity index (χ1v) is 6.57. The molecule has 5 heteroatoms.